The summed E-state index contributed by atoms with van der Waals surface area (Å²) >= 11 is 0. The molecule has 0 saturated carbocycles. The Morgan fingerprint density at radius 1 is 1.13 bits per heavy atom. The highest BCUT2D eigenvalue weighted by Gasteiger charge is 2.24. The van der Waals surface area contributed by atoms with Crippen LogP contribution in [0.2, 0.25) is 0 Å². The number of likely N-dealkylation sites (N-methyl/N-ethyl adjacent to an activating group) is 1. The quantitative estimate of drug-likeness (QED) is 0.480. The van der Waals surface area contributed by atoms with Crippen molar-refractivity contribution in [2.45, 2.75) is 31.7 Å². The standard InChI is InChI=1S/C18H34N4O/c1-15(19-11-9-17(3)23)8-10-20-16(2)13-22-12-6-7-18(22)14-21(4)5/h18-20,23H,1-3,6-14H2,4-5H3. The second kappa shape index (κ2) is 10.3. The second-order valence-corrected chi connectivity index (χ2v) is 6.66. The van der Waals surface area contributed by atoms with Crippen LogP contribution in [0.15, 0.2) is 36.9 Å². The Morgan fingerprint density at radius 2 is 1.78 bits per heavy atom. The van der Waals surface area contributed by atoms with Crippen molar-refractivity contribution in [3.8, 4) is 0 Å². The van der Waals surface area contributed by atoms with Crippen molar-refractivity contribution in [1.82, 2.24) is 20.4 Å². The smallest absolute Gasteiger partial charge is 0.0868 e. The van der Waals surface area contributed by atoms with E-state index in [-0.39, 0.29) is 5.76 Å². The summed E-state index contributed by atoms with van der Waals surface area (Å²) in [6.45, 7) is 16.3. The van der Waals surface area contributed by atoms with Crippen LogP contribution in [-0.4, -0.2) is 67.8 Å². The first-order chi connectivity index (χ1) is 10.9. The Labute approximate surface area is 141 Å². The molecule has 1 atom stereocenters. The molecule has 1 unspecified atom stereocenters. The molecule has 23 heavy (non-hydrogen) atoms. The number of nitrogens with zero attached hydrogens (tertiary/aromatic N) is 2. The third-order valence-corrected chi connectivity index (χ3v) is 4.06. The monoisotopic (exact) mass is 322 g/mol. The Bertz CT molecular complexity index is 406. The molecule has 1 aliphatic rings. The van der Waals surface area contributed by atoms with Crippen LogP contribution in [0, 0.1) is 0 Å². The van der Waals surface area contributed by atoms with E-state index in [1.807, 2.05) is 0 Å². The maximum atomic E-state index is 9.03. The number of aliphatic hydroxyl groups excluding tert-OH is 1. The number of nitrogens with one attached hydrogen (secondary N) is 2. The third-order valence-electron chi connectivity index (χ3n) is 4.06. The van der Waals surface area contributed by atoms with Crippen LogP contribution in [0.5, 0.6) is 0 Å². The highest BCUT2D eigenvalue weighted by atomic mass is 16.3. The molecule has 0 amide bonds. The molecule has 5 heteroatoms. The summed E-state index contributed by atoms with van der Waals surface area (Å²) < 4.78 is 0. The van der Waals surface area contributed by atoms with E-state index in [2.05, 4.69) is 54.3 Å². The van der Waals surface area contributed by atoms with Gasteiger partial charge in [-0.25, -0.2) is 0 Å². The van der Waals surface area contributed by atoms with Crippen LogP contribution < -0.4 is 10.6 Å². The van der Waals surface area contributed by atoms with Crippen LogP contribution >= 0.6 is 0 Å². The molecule has 1 aliphatic heterocycles. The lowest BCUT2D eigenvalue weighted by molar-refractivity contribution is 0.219. The maximum Gasteiger partial charge on any atom is 0.0868 e. The van der Waals surface area contributed by atoms with Crippen molar-refractivity contribution in [1.29, 1.82) is 0 Å². The van der Waals surface area contributed by atoms with E-state index >= 15 is 0 Å². The molecule has 0 aromatic rings. The lowest BCUT2D eigenvalue weighted by atomic mass is 10.2. The summed E-state index contributed by atoms with van der Waals surface area (Å²) in [4.78, 5) is 4.78. The topological polar surface area (TPSA) is 50.8 Å². The van der Waals surface area contributed by atoms with Gasteiger partial charge < -0.3 is 20.6 Å². The van der Waals surface area contributed by atoms with Gasteiger partial charge in [-0.05, 0) is 33.5 Å². The van der Waals surface area contributed by atoms with Gasteiger partial charge in [-0.2, -0.15) is 0 Å². The predicted molar refractivity (Wildman–Crippen MR) is 98.4 cm³/mol. The summed E-state index contributed by atoms with van der Waals surface area (Å²) in [7, 11) is 4.27. The van der Waals surface area contributed by atoms with E-state index in [0.717, 1.165) is 37.4 Å². The zero-order valence-electron chi connectivity index (χ0n) is 14.9. The van der Waals surface area contributed by atoms with Gasteiger partial charge in [-0.1, -0.05) is 19.7 Å². The molecule has 0 aliphatic carbocycles. The van der Waals surface area contributed by atoms with E-state index < -0.39 is 0 Å². The molecule has 132 valence electrons. The highest BCUT2D eigenvalue weighted by Crippen LogP contribution is 2.18. The molecule has 5 nitrogen and oxygen atoms in total. The summed E-state index contributed by atoms with van der Waals surface area (Å²) in [5.74, 6) is 0.203. The average molecular weight is 322 g/mol. The lowest BCUT2D eigenvalue weighted by Gasteiger charge is -2.28. The Morgan fingerprint density at radius 3 is 2.43 bits per heavy atom. The van der Waals surface area contributed by atoms with Crippen LogP contribution in [-0.2, 0) is 0 Å². The van der Waals surface area contributed by atoms with Gasteiger partial charge in [0.1, 0.15) is 0 Å². The summed E-state index contributed by atoms with van der Waals surface area (Å²) in [5.41, 5.74) is 2.05. The molecular weight excluding hydrogens is 288 g/mol. The Hall–Kier alpha value is -1.46. The van der Waals surface area contributed by atoms with Gasteiger partial charge >= 0.3 is 0 Å². The zero-order valence-corrected chi connectivity index (χ0v) is 14.9. The fraction of sp³-hybridized carbons (Fsp3) is 0.667. The molecular formula is C18H34N4O. The van der Waals surface area contributed by atoms with Gasteiger partial charge in [-0.15, -0.1) is 0 Å². The Balaban J connectivity index is 2.16. The molecule has 0 spiro atoms. The van der Waals surface area contributed by atoms with Crippen LogP contribution in [0.3, 0.4) is 0 Å². The van der Waals surface area contributed by atoms with Gasteiger partial charge in [-0.3, -0.25) is 4.90 Å². The summed E-state index contributed by atoms with van der Waals surface area (Å²) in [6.07, 6.45) is 3.96. The highest BCUT2D eigenvalue weighted by molar-refractivity contribution is 5.00. The summed E-state index contributed by atoms with van der Waals surface area (Å²) in [5, 5.41) is 15.6. The molecule has 0 aromatic carbocycles. The van der Waals surface area contributed by atoms with E-state index in [4.69, 9.17) is 5.11 Å². The maximum absolute atomic E-state index is 9.03. The first kappa shape index (κ1) is 19.6. The van der Waals surface area contributed by atoms with Crippen LogP contribution in [0.4, 0.5) is 0 Å². The van der Waals surface area contributed by atoms with Gasteiger partial charge in [0, 0.05) is 56.5 Å². The van der Waals surface area contributed by atoms with E-state index in [1.54, 1.807) is 0 Å². The molecule has 1 fully saturated rings. The van der Waals surface area contributed by atoms with Crippen molar-refractivity contribution >= 4 is 0 Å². The van der Waals surface area contributed by atoms with Gasteiger partial charge in [0.25, 0.3) is 0 Å². The minimum absolute atomic E-state index is 0.203. The van der Waals surface area contributed by atoms with Crippen molar-refractivity contribution in [3.63, 3.8) is 0 Å². The normalized spacial score (nSPS) is 18.1. The van der Waals surface area contributed by atoms with Gasteiger partial charge in [0.05, 0.1) is 5.76 Å². The van der Waals surface area contributed by atoms with Crippen LogP contribution in [0.25, 0.3) is 0 Å². The minimum atomic E-state index is 0.203. The number of rotatable bonds is 12. The molecule has 0 bridgehead atoms. The average Bonchev–Trinajstić information content (AvgIpc) is 2.84. The molecule has 1 heterocycles. The van der Waals surface area contributed by atoms with E-state index in [1.165, 1.54) is 19.4 Å². The minimum Gasteiger partial charge on any atom is -0.513 e. The number of likely N-dealkylation sites (tertiary alicyclic amines) is 1. The summed E-state index contributed by atoms with van der Waals surface area (Å²) in [6, 6.07) is 0.645. The van der Waals surface area contributed by atoms with Crippen molar-refractivity contribution < 1.29 is 5.11 Å². The third kappa shape index (κ3) is 8.67. The molecule has 3 N–H and O–H groups in total. The number of hydrogen-bond donors (Lipinski definition) is 3. The van der Waals surface area contributed by atoms with Gasteiger partial charge in [0.2, 0.25) is 0 Å². The number of hydrogen-bond acceptors (Lipinski definition) is 5. The zero-order chi connectivity index (χ0) is 17.2. The van der Waals surface area contributed by atoms with E-state index in [0.29, 0.717) is 19.0 Å². The lowest BCUT2D eigenvalue weighted by Crippen LogP contribution is -2.40. The SMILES string of the molecule is C=C(O)CCNC(=C)CCNC(=C)CN1CCCC1CN(C)C. The van der Waals surface area contributed by atoms with Crippen molar-refractivity contribution in [2.75, 3.05) is 46.8 Å². The fourth-order valence-corrected chi connectivity index (χ4v) is 2.89. The van der Waals surface area contributed by atoms with Gasteiger partial charge in [0.15, 0.2) is 0 Å². The largest absolute Gasteiger partial charge is 0.513 e. The molecule has 0 radical (unpaired) electrons. The molecule has 1 rings (SSSR count). The van der Waals surface area contributed by atoms with E-state index in [9.17, 15) is 0 Å². The van der Waals surface area contributed by atoms with Crippen molar-refractivity contribution in [2.24, 2.45) is 0 Å². The second-order valence-electron chi connectivity index (χ2n) is 6.66. The number of aliphatic hydroxyl groups is 1. The molecule has 1 saturated heterocycles. The first-order valence-corrected chi connectivity index (χ1v) is 8.47. The Kier molecular flexibility index (Phi) is 8.81. The predicted octanol–water partition coefficient (Wildman–Crippen LogP) is 2.07. The molecule has 0 aromatic heterocycles. The first-order valence-electron chi connectivity index (χ1n) is 8.47. The fourth-order valence-electron chi connectivity index (χ4n) is 2.89. The van der Waals surface area contributed by atoms with Crippen LogP contribution in [0.1, 0.15) is 25.7 Å². The van der Waals surface area contributed by atoms with Crippen molar-refractivity contribution in [3.05, 3.63) is 36.9 Å².